The second kappa shape index (κ2) is 12.3. The molecule has 6 aromatic rings. The van der Waals surface area contributed by atoms with Crippen LogP contribution in [0.1, 0.15) is 31.8 Å². The molecule has 0 aromatic heterocycles. The fraction of sp³-hybridized carbons (Fsp3) is 0.0286. The molecule has 43 heavy (non-hydrogen) atoms. The van der Waals surface area contributed by atoms with Crippen LogP contribution >= 0.6 is 46.4 Å². The van der Waals surface area contributed by atoms with E-state index in [4.69, 9.17) is 55.9 Å². The lowest BCUT2D eigenvalue weighted by Crippen LogP contribution is -2.12. The highest BCUT2D eigenvalue weighted by atomic mass is 35.5. The van der Waals surface area contributed by atoms with Gasteiger partial charge in [0.1, 0.15) is 11.5 Å². The summed E-state index contributed by atoms with van der Waals surface area (Å²) in [6.07, 6.45) is 0.274. The average Bonchev–Trinajstić information content (AvgIpc) is 2.99. The number of esters is 2. The largest absolute Gasteiger partial charge is 0.423 e. The van der Waals surface area contributed by atoms with Crippen molar-refractivity contribution < 1.29 is 19.1 Å². The first-order chi connectivity index (χ1) is 20.8. The molecule has 0 bridgehead atoms. The van der Waals surface area contributed by atoms with Crippen molar-refractivity contribution in [2.75, 3.05) is 0 Å². The summed E-state index contributed by atoms with van der Waals surface area (Å²) in [4.78, 5) is 26.6. The van der Waals surface area contributed by atoms with E-state index in [-0.39, 0.29) is 27.6 Å². The van der Waals surface area contributed by atoms with Crippen molar-refractivity contribution in [1.29, 1.82) is 0 Å². The molecule has 212 valence electrons. The molecular formula is C35H20Cl4O4. The summed E-state index contributed by atoms with van der Waals surface area (Å²) in [6.45, 7) is 0. The first kappa shape index (κ1) is 29.0. The molecule has 4 nitrogen and oxygen atoms in total. The maximum Gasteiger partial charge on any atom is 0.345 e. The topological polar surface area (TPSA) is 52.6 Å². The molecule has 0 radical (unpaired) electrons. The number of fused-ring (bicyclic) bond motifs is 2. The summed E-state index contributed by atoms with van der Waals surface area (Å²) in [5.41, 5.74) is 1.83. The zero-order valence-electron chi connectivity index (χ0n) is 22.2. The van der Waals surface area contributed by atoms with Gasteiger partial charge in [0, 0.05) is 27.6 Å². The van der Waals surface area contributed by atoms with Gasteiger partial charge in [0.15, 0.2) is 0 Å². The number of benzene rings is 6. The van der Waals surface area contributed by atoms with Gasteiger partial charge in [0.25, 0.3) is 0 Å². The molecule has 0 atom stereocenters. The molecule has 0 amide bonds. The van der Waals surface area contributed by atoms with Gasteiger partial charge >= 0.3 is 11.9 Å². The fourth-order valence-electron chi connectivity index (χ4n) is 4.98. The number of rotatable bonds is 6. The maximum atomic E-state index is 13.3. The van der Waals surface area contributed by atoms with Crippen LogP contribution in [0.25, 0.3) is 21.5 Å². The van der Waals surface area contributed by atoms with Crippen molar-refractivity contribution in [3.05, 3.63) is 152 Å². The summed E-state index contributed by atoms with van der Waals surface area (Å²) in [7, 11) is 0. The van der Waals surface area contributed by atoms with Crippen LogP contribution in [0.3, 0.4) is 0 Å². The lowest BCUT2D eigenvalue weighted by Gasteiger charge is -2.18. The van der Waals surface area contributed by atoms with Crippen molar-refractivity contribution in [3.63, 3.8) is 0 Å². The van der Waals surface area contributed by atoms with Crippen LogP contribution in [0, 0.1) is 0 Å². The van der Waals surface area contributed by atoms with E-state index < -0.39 is 11.9 Å². The summed E-state index contributed by atoms with van der Waals surface area (Å²) >= 11 is 24.7. The molecule has 6 aromatic carbocycles. The molecular weight excluding hydrogens is 626 g/mol. The predicted molar refractivity (Wildman–Crippen MR) is 174 cm³/mol. The molecule has 0 unspecified atom stereocenters. The molecule has 0 saturated heterocycles. The molecule has 0 N–H and O–H groups in total. The van der Waals surface area contributed by atoms with Crippen LogP contribution in [0.5, 0.6) is 11.5 Å². The lowest BCUT2D eigenvalue weighted by atomic mass is 9.93. The monoisotopic (exact) mass is 644 g/mol. The first-order valence-corrected chi connectivity index (χ1v) is 14.7. The molecule has 0 aliphatic rings. The zero-order valence-corrected chi connectivity index (χ0v) is 25.3. The molecule has 6 rings (SSSR count). The Labute approximate surface area is 267 Å². The van der Waals surface area contributed by atoms with E-state index in [1.165, 1.54) is 24.3 Å². The van der Waals surface area contributed by atoms with Gasteiger partial charge in [-0.25, -0.2) is 9.59 Å². The van der Waals surface area contributed by atoms with Gasteiger partial charge in [-0.05, 0) is 70.1 Å². The average molecular weight is 646 g/mol. The highest BCUT2D eigenvalue weighted by Crippen LogP contribution is 2.37. The Morgan fingerprint density at radius 3 is 1.35 bits per heavy atom. The smallest absolute Gasteiger partial charge is 0.345 e. The Morgan fingerprint density at radius 2 is 0.930 bits per heavy atom. The molecule has 0 spiro atoms. The zero-order chi connectivity index (χ0) is 30.1. The third-order valence-corrected chi connectivity index (χ3v) is 8.15. The van der Waals surface area contributed by atoms with Crippen LogP contribution in [-0.4, -0.2) is 11.9 Å². The third-order valence-electron chi connectivity index (χ3n) is 7.06. The summed E-state index contributed by atoms with van der Waals surface area (Å²) in [5, 5.41) is 4.84. The number of carbonyl (C=O) groups is 2. The summed E-state index contributed by atoms with van der Waals surface area (Å²) in [6, 6.07) is 32.1. The number of hydrogen-bond acceptors (Lipinski definition) is 4. The van der Waals surface area contributed by atoms with Gasteiger partial charge in [0.2, 0.25) is 0 Å². The van der Waals surface area contributed by atoms with Crippen molar-refractivity contribution in [1.82, 2.24) is 0 Å². The Hall–Kier alpha value is -4.06. The lowest BCUT2D eigenvalue weighted by molar-refractivity contribution is 0.0726. The Bertz CT molecular complexity index is 1910. The van der Waals surface area contributed by atoms with Gasteiger partial charge in [0.05, 0.1) is 21.2 Å². The molecule has 0 aliphatic heterocycles. The van der Waals surface area contributed by atoms with Gasteiger partial charge in [-0.2, -0.15) is 0 Å². The number of halogens is 4. The minimum atomic E-state index is -0.625. The van der Waals surface area contributed by atoms with Crippen LogP contribution in [-0.2, 0) is 6.42 Å². The van der Waals surface area contributed by atoms with Crippen molar-refractivity contribution in [3.8, 4) is 11.5 Å². The third kappa shape index (κ3) is 6.06. The highest BCUT2D eigenvalue weighted by Gasteiger charge is 2.21. The summed E-state index contributed by atoms with van der Waals surface area (Å²) < 4.78 is 11.9. The number of ether oxygens (including phenoxy) is 2. The van der Waals surface area contributed by atoms with Gasteiger partial charge in [-0.1, -0.05) is 107 Å². The minimum Gasteiger partial charge on any atom is -0.423 e. The molecule has 8 heteroatoms. The predicted octanol–water partition coefficient (Wildman–Crippen LogP) is 10.6. The Kier molecular flexibility index (Phi) is 8.29. The van der Waals surface area contributed by atoms with Crippen molar-refractivity contribution in [2.24, 2.45) is 0 Å². The molecule has 0 heterocycles. The standard InChI is InChI=1S/C35H20Cl4O4/c36-22-11-13-26(30(38)17-22)34(40)42-32-15-9-20-5-1-3-7-24(20)28(32)19-29-25-8-4-2-6-21(25)10-16-33(29)43-35(41)27-14-12-23(37)18-31(27)39/h1-18H,19H2. The summed E-state index contributed by atoms with van der Waals surface area (Å²) in [5.74, 6) is -0.554. The fourth-order valence-corrected chi connectivity index (χ4v) is 5.96. The Balaban J connectivity index is 1.46. The molecule has 0 fully saturated rings. The van der Waals surface area contributed by atoms with Crippen LogP contribution in [0.2, 0.25) is 20.1 Å². The van der Waals surface area contributed by atoms with Crippen LogP contribution < -0.4 is 9.47 Å². The van der Waals surface area contributed by atoms with Crippen molar-refractivity contribution >= 4 is 79.9 Å². The normalized spacial score (nSPS) is 11.1. The second-order valence-electron chi connectivity index (χ2n) is 9.73. The van der Waals surface area contributed by atoms with Gasteiger partial charge < -0.3 is 9.47 Å². The van der Waals surface area contributed by atoms with E-state index in [1.807, 2.05) is 60.7 Å². The van der Waals surface area contributed by atoms with Crippen LogP contribution in [0.4, 0.5) is 0 Å². The SMILES string of the molecule is O=C(Oc1ccc2ccccc2c1Cc1c(OC(=O)c2ccc(Cl)cc2Cl)ccc2ccccc12)c1ccc(Cl)cc1Cl. The van der Waals surface area contributed by atoms with E-state index in [0.717, 1.165) is 32.7 Å². The van der Waals surface area contributed by atoms with Crippen LogP contribution in [0.15, 0.2) is 109 Å². The molecule has 0 aliphatic carbocycles. The van der Waals surface area contributed by atoms with E-state index in [2.05, 4.69) is 0 Å². The van der Waals surface area contributed by atoms with E-state index in [9.17, 15) is 9.59 Å². The van der Waals surface area contributed by atoms with Crippen molar-refractivity contribution in [2.45, 2.75) is 6.42 Å². The highest BCUT2D eigenvalue weighted by molar-refractivity contribution is 6.37. The van der Waals surface area contributed by atoms with E-state index >= 15 is 0 Å². The molecule has 0 saturated carbocycles. The maximum absolute atomic E-state index is 13.3. The van der Waals surface area contributed by atoms with E-state index in [1.54, 1.807) is 24.3 Å². The van der Waals surface area contributed by atoms with Gasteiger partial charge in [-0.3, -0.25) is 0 Å². The quantitative estimate of drug-likeness (QED) is 0.134. The second-order valence-corrected chi connectivity index (χ2v) is 11.4. The van der Waals surface area contributed by atoms with Gasteiger partial charge in [-0.15, -0.1) is 0 Å². The number of hydrogen-bond donors (Lipinski definition) is 0. The first-order valence-electron chi connectivity index (χ1n) is 13.1. The van der Waals surface area contributed by atoms with E-state index in [0.29, 0.717) is 21.5 Å². The Morgan fingerprint density at radius 1 is 0.512 bits per heavy atom. The minimum absolute atomic E-state index is 0.184. The number of carbonyl (C=O) groups excluding carboxylic acids is 2.